The van der Waals surface area contributed by atoms with Crippen molar-refractivity contribution >= 4 is 23.3 Å². The molecular formula is C14H19ClN6O3. The van der Waals surface area contributed by atoms with E-state index in [2.05, 4.69) is 15.5 Å². The fourth-order valence-corrected chi connectivity index (χ4v) is 2.39. The zero-order chi connectivity index (χ0) is 17.9. The van der Waals surface area contributed by atoms with Crippen LogP contribution in [-0.4, -0.2) is 30.4 Å². The molecular weight excluding hydrogens is 336 g/mol. The van der Waals surface area contributed by atoms with Crippen LogP contribution in [0.4, 0.5) is 5.82 Å². The summed E-state index contributed by atoms with van der Waals surface area (Å²) in [5, 5.41) is 22.1. The number of carbonyl (C=O) groups excluding carboxylic acids is 1. The van der Waals surface area contributed by atoms with Gasteiger partial charge in [0, 0.05) is 12.7 Å². The summed E-state index contributed by atoms with van der Waals surface area (Å²) in [5.74, 6) is -0.832. The van der Waals surface area contributed by atoms with E-state index in [1.807, 2.05) is 6.92 Å². The highest BCUT2D eigenvalue weighted by Crippen LogP contribution is 2.15. The van der Waals surface area contributed by atoms with Gasteiger partial charge in [-0.25, -0.2) is 0 Å². The van der Waals surface area contributed by atoms with E-state index in [9.17, 15) is 14.9 Å². The second kappa shape index (κ2) is 7.43. The van der Waals surface area contributed by atoms with Crippen molar-refractivity contribution in [3.8, 4) is 0 Å². The topological polar surface area (TPSA) is 108 Å². The maximum atomic E-state index is 12.2. The van der Waals surface area contributed by atoms with Gasteiger partial charge in [-0.05, 0) is 18.8 Å². The van der Waals surface area contributed by atoms with Crippen LogP contribution in [0.5, 0.6) is 0 Å². The Bertz CT molecular complexity index is 754. The number of hydrogen-bond acceptors (Lipinski definition) is 5. The van der Waals surface area contributed by atoms with Gasteiger partial charge in [-0.3, -0.25) is 9.48 Å². The van der Waals surface area contributed by atoms with Gasteiger partial charge in [0.1, 0.15) is 5.69 Å². The zero-order valence-electron chi connectivity index (χ0n) is 13.7. The first kappa shape index (κ1) is 17.9. The van der Waals surface area contributed by atoms with Crippen molar-refractivity contribution in [3.05, 3.63) is 38.8 Å². The number of nitrogens with zero attached hydrogens (tertiary/aromatic N) is 5. The molecule has 0 aromatic carbocycles. The van der Waals surface area contributed by atoms with Gasteiger partial charge in [-0.2, -0.15) is 9.78 Å². The molecule has 10 heteroatoms. The Morgan fingerprint density at radius 3 is 2.75 bits per heavy atom. The third-order valence-electron chi connectivity index (χ3n) is 3.59. The van der Waals surface area contributed by atoms with Crippen molar-refractivity contribution in [1.82, 2.24) is 24.9 Å². The van der Waals surface area contributed by atoms with Crippen LogP contribution in [-0.2, 0) is 24.4 Å². The number of halogens is 1. The van der Waals surface area contributed by atoms with Crippen molar-refractivity contribution < 1.29 is 9.72 Å². The minimum absolute atomic E-state index is 0.199. The molecule has 0 bridgehead atoms. The molecule has 0 aliphatic heterocycles. The lowest BCUT2D eigenvalue weighted by atomic mass is 10.1. The predicted octanol–water partition coefficient (Wildman–Crippen LogP) is 1.92. The van der Waals surface area contributed by atoms with E-state index < -0.39 is 10.8 Å². The number of aryl methyl sites for hydroxylation is 2. The van der Waals surface area contributed by atoms with Crippen LogP contribution >= 0.6 is 11.6 Å². The fraction of sp³-hybridized carbons (Fsp3) is 0.500. The van der Waals surface area contributed by atoms with Crippen molar-refractivity contribution in [3.63, 3.8) is 0 Å². The predicted molar refractivity (Wildman–Crippen MR) is 87.5 cm³/mol. The molecule has 130 valence electrons. The molecule has 1 unspecified atom stereocenters. The minimum atomic E-state index is -0.555. The van der Waals surface area contributed by atoms with Gasteiger partial charge >= 0.3 is 5.82 Å². The van der Waals surface area contributed by atoms with Gasteiger partial charge in [-0.1, -0.05) is 18.5 Å². The molecule has 2 aromatic heterocycles. The maximum absolute atomic E-state index is 12.2. The van der Waals surface area contributed by atoms with Crippen molar-refractivity contribution in [2.75, 3.05) is 0 Å². The normalized spacial score (nSPS) is 12.2. The van der Waals surface area contributed by atoms with Gasteiger partial charge in [0.15, 0.2) is 0 Å². The number of rotatable bonds is 7. The Labute approximate surface area is 143 Å². The summed E-state index contributed by atoms with van der Waals surface area (Å²) in [4.78, 5) is 22.4. The summed E-state index contributed by atoms with van der Waals surface area (Å²) < 4.78 is 3.15. The number of amides is 1. The summed E-state index contributed by atoms with van der Waals surface area (Å²) >= 11 is 6.06. The van der Waals surface area contributed by atoms with Crippen LogP contribution in [0.25, 0.3) is 0 Å². The summed E-state index contributed by atoms with van der Waals surface area (Å²) in [6, 6.07) is 1.38. The summed E-state index contributed by atoms with van der Waals surface area (Å²) in [7, 11) is 0. The van der Waals surface area contributed by atoms with Crippen LogP contribution in [0.15, 0.2) is 12.3 Å². The second-order valence-corrected chi connectivity index (χ2v) is 5.89. The summed E-state index contributed by atoms with van der Waals surface area (Å²) in [6.45, 7) is 6.56. The molecule has 0 saturated heterocycles. The van der Waals surface area contributed by atoms with Crippen molar-refractivity contribution in [2.45, 2.75) is 40.4 Å². The Morgan fingerprint density at radius 1 is 1.50 bits per heavy atom. The molecule has 1 amide bonds. The monoisotopic (exact) mass is 354 g/mol. The molecule has 1 atom stereocenters. The molecule has 9 nitrogen and oxygen atoms in total. The van der Waals surface area contributed by atoms with Crippen molar-refractivity contribution in [1.29, 1.82) is 0 Å². The third kappa shape index (κ3) is 4.10. The minimum Gasteiger partial charge on any atom is -0.358 e. The lowest BCUT2D eigenvalue weighted by Gasteiger charge is -2.11. The van der Waals surface area contributed by atoms with Crippen molar-refractivity contribution in [2.24, 2.45) is 5.92 Å². The molecule has 2 heterocycles. The number of nitrogens with one attached hydrogen (secondary N) is 1. The average molecular weight is 355 g/mol. The molecule has 2 rings (SSSR count). The maximum Gasteiger partial charge on any atom is 0.390 e. The van der Waals surface area contributed by atoms with Gasteiger partial charge in [0.2, 0.25) is 5.91 Å². The molecule has 1 N–H and O–H groups in total. The Kier molecular flexibility index (Phi) is 5.55. The van der Waals surface area contributed by atoms with E-state index >= 15 is 0 Å². The Balaban J connectivity index is 1.94. The molecule has 0 fully saturated rings. The number of carbonyl (C=O) groups is 1. The van der Waals surface area contributed by atoms with E-state index in [1.54, 1.807) is 24.7 Å². The lowest BCUT2D eigenvalue weighted by molar-refractivity contribution is -0.389. The van der Waals surface area contributed by atoms with Crippen LogP contribution in [0, 0.1) is 23.0 Å². The first-order valence-corrected chi connectivity index (χ1v) is 7.88. The number of nitro groups is 1. The fourth-order valence-electron chi connectivity index (χ4n) is 2.17. The molecule has 0 aliphatic rings. The highest BCUT2D eigenvalue weighted by atomic mass is 35.5. The quantitative estimate of drug-likeness (QED) is 0.603. The van der Waals surface area contributed by atoms with Gasteiger partial charge in [-0.15, -0.1) is 0 Å². The standard InChI is InChI=1S/C14H19ClN6O3/c1-4-19-8-11(15)12(17-19)6-16-14(22)9(2)7-20-10(3)5-13(18-20)21(23)24/h5,8-9H,4,6-7H2,1-3H3,(H,16,22). The van der Waals surface area contributed by atoms with E-state index in [1.165, 1.54) is 10.7 Å². The number of hydrogen-bond donors (Lipinski definition) is 1. The third-order valence-corrected chi connectivity index (χ3v) is 3.91. The summed E-state index contributed by atoms with van der Waals surface area (Å²) in [6.07, 6.45) is 1.71. The molecule has 0 radical (unpaired) electrons. The highest BCUT2D eigenvalue weighted by Gasteiger charge is 2.21. The van der Waals surface area contributed by atoms with Gasteiger partial charge in [0.05, 0.1) is 40.9 Å². The zero-order valence-corrected chi connectivity index (χ0v) is 14.4. The smallest absolute Gasteiger partial charge is 0.358 e. The molecule has 0 saturated carbocycles. The van der Waals surface area contributed by atoms with E-state index in [-0.39, 0.29) is 24.8 Å². The lowest BCUT2D eigenvalue weighted by Crippen LogP contribution is -2.31. The summed E-state index contributed by atoms with van der Waals surface area (Å²) in [5.41, 5.74) is 1.23. The van der Waals surface area contributed by atoms with E-state index in [0.717, 1.165) is 0 Å². The van der Waals surface area contributed by atoms with Gasteiger partial charge in [0.25, 0.3) is 0 Å². The van der Waals surface area contributed by atoms with Crippen LogP contribution in [0.1, 0.15) is 25.2 Å². The highest BCUT2D eigenvalue weighted by molar-refractivity contribution is 6.31. The second-order valence-electron chi connectivity index (χ2n) is 5.48. The Morgan fingerprint density at radius 2 is 2.21 bits per heavy atom. The van der Waals surface area contributed by atoms with Crippen LogP contribution in [0.2, 0.25) is 5.02 Å². The SMILES string of the molecule is CCn1cc(Cl)c(CNC(=O)C(C)Cn2nc([N+](=O)[O-])cc2C)n1. The molecule has 0 spiro atoms. The van der Waals surface area contributed by atoms with Gasteiger partial charge < -0.3 is 15.4 Å². The first-order chi connectivity index (χ1) is 11.3. The largest absolute Gasteiger partial charge is 0.390 e. The molecule has 0 aliphatic carbocycles. The first-order valence-electron chi connectivity index (χ1n) is 7.50. The van der Waals surface area contributed by atoms with E-state index in [0.29, 0.717) is 23.0 Å². The molecule has 24 heavy (non-hydrogen) atoms. The molecule has 2 aromatic rings. The average Bonchev–Trinajstić information content (AvgIpc) is 3.08. The Hall–Kier alpha value is -2.42. The van der Waals surface area contributed by atoms with Crippen LogP contribution in [0.3, 0.4) is 0 Å². The number of aromatic nitrogens is 4. The van der Waals surface area contributed by atoms with E-state index in [4.69, 9.17) is 11.6 Å². The van der Waals surface area contributed by atoms with Crippen LogP contribution < -0.4 is 5.32 Å².